The molecule has 0 bridgehead atoms. The molecule has 1 aliphatic rings. The second-order valence-electron chi connectivity index (χ2n) is 27.6. The van der Waals surface area contributed by atoms with Crippen LogP contribution in [0.4, 0.5) is 5.69 Å². The van der Waals surface area contributed by atoms with Gasteiger partial charge < -0.3 is 158 Å². The SMILES string of the molecule is COCCOCCOCCOCCOCCOCCOCCOCCOCCOCCOCCN(CCC(=O)N[C@H](C(=O)N[C@@H](C)C(=O)Nc1ccc(COC(C)=O)c(CCCOCCOCCOCCOCCOCCCOCCOCCOCCOCCOCOCCOCCOCCOCCOCCOCCOC)c1)C(C)C)C(=O)CN1C(=O)C=CC1=O. The Hall–Kier alpha value is -5.67. The van der Waals surface area contributed by atoms with E-state index in [2.05, 4.69) is 16.0 Å². The minimum Gasteiger partial charge on any atom is -0.461 e. The molecule has 2 rings (SSSR count). The number of hydrogen-bond donors (Lipinski definition) is 3. The Labute approximate surface area is 744 Å². The van der Waals surface area contributed by atoms with Gasteiger partial charge in [0, 0.05) is 78.3 Å². The number of amides is 6. The van der Waals surface area contributed by atoms with Crippen LogP contribution in [0.25, 0.3) is 0 Å². The smallest absolute Gasteiger partial charge is 0.302 e. The Balaban J connectivity index is 1.49. The van der Waals surface area contributed by atoms with E-state index in [1.807, 2.05) is 0 Å². The first-order valence-electron chi connectivity index (χ1n) is 43.7. The van der Waals surface area contributed by atoms with Gasteiger partial charge in [-0.05, 0) is 55.4 Å². The summed E-state index contributed by atoms with van der Waals surface area (Å²) in [5.41, 5.74) is 1.99. The molecule has 0 aromatic heterocycles. The maximum absolute atomic E-state index is 13.7. The molecule has 2 atom stereocenters. The molecule has 1 heterocycles. The van der Waals surface area contributed by atoms with Gasteiger partial charge >= 0.3 is 5.97 Å². The van der Waals surface area contributed by atoms with Crippen molar-refractivity contribution in [1.29, 1.82) is 0 Å². The van der Waals surface area contributed by atoms with E-state index in [1.54, 1.807) is 46.3 Å². The molecule has 0 aliphatic carbocycles. The molecule has 3 N–H and O–H groups in total. The molecule has 1 aliphatic heterocycles. The fourth-order valence-corrected chi connectivity index (χ4v) is 10.4. The first kappa shape index (κ1) is 116. The second kappa shape index (κ2) is 88.6. The van der Waals surface area contributed by atoms with Crippen LogP contribution < -0.4 is 16.0 Å². The summed E-state index contributed by atoms with van der Waals surface area (Å²) in [6.45, 7) is 28.6. The molecule has 0 saturated carbocycles. The van der Waals surface area contributed by atoms with Gasteiger partial charge in [0.1, 0.15) is 32.0 Å². The molecule has 1 aromatic carbocycles. The minimum absolute atomic E-state index is 0.00712. The van der Waals surface area contributed by atoms with E-state index in [0.717, 1.165) is 34.6 Å². The van der Waals surface area contributed by atoms with Crippen molar-refractivity contribution in [2.24, 2.45) is 5.92 Å². The number of nitrogens with one attached hydrogen (secondary N) is 3. The lowest BCUT2D eigenvalue weighted by Crippen LogP contribution is -2.54. The second-order valence-corrected chi connectivity index (χ2v) is 27.6. The maximum atomic E-state index is 13.7. The molecule has 6 amide bonds. The normalized spacial score (nSPS) is 12.6. The van der Waals surface area contributed by atoms with E-state index in [9.17, 15) is 33.6 Å². The number of methoxy groups -OCH3 is 2. The molecule has 0 spiro atoms. The highest BCUT2D eigenvalue weighted by atomic mass is 16.7. The number of imide groups is 1. The van der Waals surface area contributed by atoms with E-state index in [0.29, 0.717) is 342 Å². The van der Waals surface area contributed by atoms with Crippen molar-refractivity contribution in [3.63, 3.8) is 0 Å². The zero-order valence-corrected chi connectivity index (χ0v) is 75.8. The van der Waals surface area contributed by atoms with Crippen LogP contribution in [-0.4, -0.2) is 448 Å². The molecule has 732 valence electrons. The van der Waals surface area contributed by atoms with Crippen LogP contribution in [0.3, 0.4) is 0 Å². The third-order valence-corrected chi connectivity index (χ3v) is 17.1. The summed E-state index contributed by atoms with van der Waals surface area (Å²) in [5, 5.41) is 8.28. The summed E-state index contributed by atoms with van der Waals surface area (Å²) < 4.78 is 159. The average molecular weight is 1820 g/mol. The molecule has 0 unspecified atom stereocenters. The predicted octanol–water partition coefficient (Wildman–Crippen LogP) is 1.48. The van der Waals surface area contributed by atoms with Crippen LogP contribution in [-0.2, 0) is 184 Å². The summed E-state index contributed by atoms with van der Waals surface area (Å²) in [6.07, 6.45) is 3.77. The molecule has 0 saturated heterocycles. The molecule has 126 heavy (non-hydrogen) atoms. The lowest BCUT2D eigenvalue weighted by molar-refractivity contribution is -0.145. The fourth-order valence-electron chi connectivity index (χ4n) is 10.4. The lowest BCUT2D eigenvalue weighted by Gasteiger charge is -2.26. The Morgan fingerprint density at radius 2 is 0.651 bits per heavy atom. The van der Waals surface area contributed by atoms with Crippen LogP contribution in [0.2, 0.25) is 0 Å². The Kier molecular flexibility index (Phi) is 81.8. The maximum Gasteiger partial charge on any atom is 0.302 e. The van der Waals surface area contributed by atoms with E-state index >= 15 is 0 Å². The molecular formula is C85H151N5O36. The number of rotatable bonds is 98. The molecule has 41 nitrogen and oxygen atoms in total. The number of esters is 1. The number of benzene rings is 1. The zero-order chi connectivity index (χ0) is 91.0. The third-order valence-electron chi connectivity index (χ3n) is 17.1. The molecule has 1 aromatic rings. The van der Waals surface area contributed by atoms with Gasteiger partial charge in [0.25, 0.3) is 11.8 Å². The first-order valence-corrected chi connectivity index (χ1v) is 43.7. The van der Waals surface area contributed by atoms with Gasteiger partial charge in [-0.15, -0.1) is 0 Å². The van der Waals surface area contributed by atoms with Crippen LogP contribution in [0.5, 0.6) is 0 Å². The average Bonchev–Trinajstić information content (AvgIpc) is 1.47. The van der Waals surface area contributed by atoms with Gasteiger partial charge in [0.05, 0.1) is 324 Å². The van der Waals surface area contributed by atoms with E-state index in [1.165, 1.54) is 18.7 Å². The molecule has 0 radical (unpaired) electrons. The van der Waals surface area contributed by atoms with Crippen molar-refractivity contribution in [2.75, 3.05) is 390 Å². The van der Waals surface area contributed by atoms with Crippen molar-refractivity contribution >= 4 is 47.1 Å². The summed E-state index contributed by atoms with van der Waals surface area (Å²) in [7, 11) is 3.26. The number of carbonyl (C=O) groups is 7. The quantitative estimate of drug-likeness (QED) is 0.0360. The highest BCUT2D eigenvalue weighted by Crippen LogP contribution is 2.20. The number of hydrogen-bond acceptors (Lipinski definition) is 36. The van der Waals surface area contributed by atoms with Crippen LogP contribution in [0.15, 0.2) is 30.4 Å². The van der Waals surface area contributed by atoms with Crippen LogP contribution in [0, 0.1) is 5.92 Å². The van der Waals surface area contributed by atoms with Crippen molar-refractivity contribution in [3.05, 3.63) is 41.5 Å². The molecule has 41 heteroatoms. The summed E-state index contributed by atoms with van der Waals surface area (Å²) in [6, 6.07) is 3.08. The number of ether oxygens (including phenoxy) is 29. The van der Waals surface area contributed by atoms with E-state index < -0.39 is 66.0 Å². The monoisotopic (exact) mass is 1820 g/mol. The highest BCUT2D eigenvalue weighted by molar-refractivity contribution is 6.14. The van der Waals surface area contributed by atoms with Gasteiger partial charge in [0.15, 0.2) is 0 Å². The first-order chi connectivity index (χ1) is 61.8. The molecular weight excluding hydrogens is 1670 g/mol. The highest BCUT2D eigenvalue weighted by Gasteiger charge is 2.30. The standard InChI is InChI=1S/C85H151N5O36/c1-73(2)83(88-79(92)14-15-89(82(95)70-90-80(93)12-13-81(90)94)16-20-103-28-32-109-40-44-113-49-50-116-53-54-118-57-58-119-56-55-117-52-51-114-47-45-110-35-33-104-23-21-98-5)85(97)86-74(3)84(96)87-78-11-10-77(71-126-75(4)91)76(69-78)9-7-17-100-25-29-106-37-41-112-42-38-107-30-26-101-18-8-19-102-27-31-108-39-43-120-61-63-122-65-67-124-72-125-68-66-123-64-62-121-60-59-115-48-46-111-36-34-105-24-22-99-6/h10-13,69,73-74,83H,7-9,14-68,70-72H2,1-6H3,(H,86,97)(H,87,96)(H,88,92)/t74-,83-/m0/s1. The van der Waals surface area contributed by atoms with E-state index in [-0.39, 0.29) is 52.7 Å². The Bertz CT molecular complexity index is 2760. The van der Waals surface area contributed by atoms with Gasteiger partial charge in [-0.2, -0.15) is 0 Å². The Morgan fingerprint density at radius 3 is 0.968 bits per heavy atom. The third kappa shape index (κ3) is 73.0. The topological polar surface area (TPSA) is 430 Å². The summed E-state index contributed by atoms with van der Waals surface area (Å²) in [4.78, 5) is 92.9. The number of anilines is 1. The summed E-state index contributed by atoms with van der Waals surface area (Å²) >= 11 is 0. The van der Waals surface area contributed by atoms with Gasteiger partial charge in [-0.25, -0.2) is 0 Å². The van der Waals surface area contributed by atoms with Gasteiger partial charge in [-0.3, -0.25) is 38.5 Å². The number of nitrogens with zero attached hydrogens (tertiary/aromatic N) is 2. The van der Waals surface area contributed by atoms with Gasteiger partial charge in [0.2, 0.25) is 23.6 Å². The fraction of sp³-hybridized carbons (Fsp3) is 0.824. The van der Waals surface area contributed by atoms with Crippen molar-refractivity contribution in [1.82, 2.24) is 20.4 Å². The molecule has 0 fully saturated rings. The van der Waals surface area contributed by atoms with Crippen LogP contribution >= 0.6 is 0 Å². The lowest BCUT2D eigenvalue weighted by atomic mass is 10.0. The van der Waals surface area contributed by atoms with E-state index in [4.69, 9.17) is 137 Å². The van der Waals surface area contributed by atoms with Gasteiger partial charge in [-0.1, -0.05) is 19.9 Å². The number of aryl methyl sites for hydroxylation is 1. The predicted molar refractivity (Wildman–Crippen MR) is 455 cm³/mol. The van der Waals surface area contributed by atoms with Crippen molar-refractivity contribution < 1.29 is 171 Å². The largest absolute Gasteiger partial charge is 0.461 e. The Morgan fingerprint density at radius 1 is 0.349 bits per heavy atom. The summed E-state index contributed by atoms with van der Waals surface area (Å²) in [5.74, 6) is -4.48. The van der Waals surface area contributed by atoms with Crippen molar-refractivity contribution in [3.8, 4) is 0 Å². The number of carbonyl (C=O) groups excluding carboxylic acids is 7. The minimum atomic E-state index is -1.07. The zero-order valence-electron chi connectivity index (χ0n) is 75.8. The van der Waals surface area contributed by atoms with Crippen LogP contribution in [0.1, 0.15) is 58.1 Å². The van der Waals surface area contributed by atoms with Crippen molar-refractivity contribution in [2.45, 2.75) is 72.1 Å².